The predicted octanol–water partition coefficient (Wildman–Crippen LogP) is 10.5. The van der Waals surface area contributed by atoms with E-state index in [9.17, 15) is 14.6 Å². The van der Waals surface area contributed by atoms with E-state index in [2.05, 4.69) is 33.8 Å². The predicted molar refractivity (Wildman–Crippen MR) is 242 cm³/mol. The third-order valence-electron chi connectivity index (χ3n) is 14.5. The number of fused-ring (bicyclic) bond motifs is 4. The van der Waals surface area contributed by atoms with Crippen LogP contribution in [0.15, 0.2) is 77.8 Å². The van der Waals surface area contributed by atoms with Crippen molar-refractivity contribution in [1.29, 1.82) is 0 Å². The molecule has 6 aromatic rings. The lowest BCUT2D eigenvalue weighted by Gasteiger charge is -2.43. The van der Waals surface area contributed by atoms with Gasteiger partial charge in [0.1, 0.15) is 45.9 Å². The van der Waals surface area contributed by atoms with Gasteiger partial charge in [0, 0.05) is 52.8 Å². The summed E-state index contributed by atoms with van der Waals surface area (Å²) in [4.78, 5) is 10.5. The minimum absolute atomic E-state index is 0.00198. The number of aliphatic hydroxyl groups is 1. The molecule has 3 atom stereocenters. The first kappa shape index (κ1) is 42.6. The first-order chi connectivity index (χ1) is 30.7. The van der Waals surface area contributed by atoms with Gasteiger partial charge in [-0.2, -0.15) is 0 Å². The molecule has 8 nitrogen and oxygen atoms in total. The Morgan fingerprint density at radius 3 is 2.22 bits per heavy atom. The number of nitrogens with zero attached hydrogens (tertiary/aromatic N) is 6. The van der Waals surface area contributed by atoms with Gasteiger partial charge in [0.2, 0.25) is 0 Å². The molecule has 1 aliphatic carbocycles. The van der Waals surface area contributed by atoms with Crippen LogP contribution in [-0.4, -0.2) is 73.9 Å². The second kappa shape index (κ2) is 16.6. The van der Waals surface area contributed by atoms with Gasteiger partial charge in [-0.25, -0.2) is 17.6 Å². The third kappa shape index (κ3) is 7.62. The minimum Gasteiger partial charge on any atom is -0.508 e. The summed E-state index contributed by atoms with van der Waals surface area (Å²) in [6.07, 6.45) is 3.68. The average molecular weight is 889 g/mol. The summed E-state index contributed by atoms with van der Waals surface area (Å²) >= 11 is 1.64. The molecule has 2 saturated heterocycles. The fraction of sp³-hybridized carbons (Fsp3) is 0.392. The number of aryl methyl sites for hydroxylation is 3. The third-order valence-corrected chi connectivity index (χ3v) is 15.7. The number of aliphatic imine (C=N–C) groups is 1. The first-order valence-electron chi connectivity index (χ1n) is 22.4. The Morgan fingerprint density at radius 2 is 1.52 bits per heavy atom. The van der Waals surface area contributed by atoms with Gasteiger partial charge in [0.15, 0.2) is 5.82 Å². The molecule has 0 amide bonds. The second-order valence-electron chi connectivity index (χ2n) is 18.4. The van der Waals surface area contributed by atoms with E-state index in [0.717, 1.165) is 55.0 Å². The molecule has 2 aromatic heterocycles. The quantitative estimate of drug-likeness (QED) is 0.155. The van der Waals surface area contributed by atoms with E-state index in [0.29, 0.717) is 88.1 Å². The standard InChI is InChI=1S/C51H52F4N6O2S/c1-28-30(3)64-50-45(28)48(56-29(2)49-58-57-31(4)61(49)50)41-13-10-37(26-42(41)53)60-21-17-51(63,18-22-60)27-59-19-15-32(16-20-59)35-24-43(54)47(44(55)25-35)46-39(33-5-8-36(52)9-6-33)12-7-34-23-38(62)11-14-40(34)46/h5-6,8-11,13-14,23-26,29,32,39,46,62-63H,7,12,15-22,27H2,1-4H3/t29-,39?,46?/m0/s1. The van der Waals surface area contributed by atoms with Crippen LogP contribution in [0.1, 0.15) is 124 Å². The number of phenols is 1. The highest BCUT2D eigenvalue weighted by atomic mass is 32.1. The van der Waals surface area contributed by atoms with Crippen LogP contribution in [0.25, 0.3) is 5.00 Å². The van der Waals surface area contributed by atoms with Crippen LogP contribution in [0.5, 0.6) is 5.75 Å². The van der Waals surface area contributed by atoms with Crippen LogP contribution >= 0.6 is 11.3 Å². The molecule has 5 heterocycles. The number of benzene rings is 4. The molecule has 64 heavy (non-hydrogen) atoms. The zero-order chi connectivity index (χ0) is 44.6. The summed E-state index contributed by atoms with van der Waals surface area (Å²) in [5.74, 6) is -1.24. The number of piperidine rings is 2. The molecule has 3 aliphatic heterocycles. The molecule has 332 valence electrons. The van der Waals surface area contributed by atoms with E-state index in [-0.39, 0.29) is 40.8 Å². The Labute approximate surface area is 374 Å². The molecule has 2 N–H and O–H groups in total. The molecule has 13 heteroatoms. The van der Waals surface area contributed by atoms with Crippen LogP contribution in [0.2, 0.25) is 0 Å². The van der Waals surface area contributed by atoms with Crippen molar-refractivity contribution in [1.82, 2.24) is 19.7 Å². The van der Waals surface area contributed by atoms with Crippen molar-refractivity contribution in [3.63, 3.8) is 0 Å². The van der Waals surface area contributed by atoms with Gasteiger partial charge in [-0.3, -0.25) is 9.56 Å². The summed E-state index contributed by atoms with van der Waals surface area (Å²) in [5.41, 5.74) is 5.97. The van der Waals surface area contributed by atoms with Gasteiger partial charge in [-0.1, -0.05) is 18.2 Å². The van der Waals surface area contributed by atoms with E-state index < -0.39 is 23.2 Å². The van der Waals surface area contributed by atoms with Crippen LogP contribution in [0, 0.1) is 44.0 Å². The maximum absolute atomic E-state index is 16.4. The van der Waals surface area contributed by atoms with Crippen molar-refractivity contribution in [2.75, 3.05) is 37.6 Å². The number of phenolic OH excluding ortho intramolecular Hbond substituents is 1. The topological polar surface area (TPSA) is 90.0 Å². The monoisotopic (exact) mass is 888 g/mol. The van der Waals surface area contributed by atoms with E-state index in [1.165, 1.54) is 24.3 Å². The number of aromatic nitrogens is 3. The Bertz CT molecular complexity index is 2760. The van der Waals surface area contributed by atoms with Gasteiger partial charge >= 0.3 is 0 Å². The van der Waals surface area contributed by atoms with Crippen molar-refractivity contribution < 1.29 is 27.8 Å². The Kier molecular flexibility index (Phi) is 11.0. The van der Waals surface area contributed by atoms with Crippen LogP contribution < -0.4 is 4.90 Å². The van der Waals surface area contributed by atoms with E-state index in [1.54, 1.807) is 47.7 Å². The van der Waals surface area contributed by atoms with Crippen molar-refractivity contribution in [2.24, 2.45) is 4.99 Å². The highest BCUT2D eigenvalue weighted by molar-refractivity contribution is 7.15. The summed E-state index contributed by atoms with van der Waals surface area (Å²) in [5, 5.41) is 31.7. The molecular weight excluding hydrogens is 837 g/mol. The highest BCUT2D eigenvalue weighted by Crippen LogP contribution is 2.49. The Morgan fingerprint density at radius 1 is 0.797 bits per heavy atom. The van der Waals surface area contributed by atoms with E-state index in [4.69, 9.17) is 4.99 Å². The Balaban J connectivity index is 0.792. The molecular formula is C51H52F4N6O2S. The van der Waals surface area contributed by atoms with Crippen molar-refractivity contribution >= 4 is 22.7 Å². The highest BCUT2D eigenvalue weighted by Gasteiger charge is 2.39. The number of rotatable bonds is 7. The smallest absolute Gasteiger partial charge is 0.162 e. The number of anilines is 1. The number of thiophene rings is 1. The van der Waals surface area contributed by atoms with Gasteiger partial charge < -0.3 is 20.0 Å². The van der Waals surface area contributed by atoms with Crippen LogP contribution in [0.4, 0.5) is 23.2 Å². The maximum Gasteiger partial charge on any atom is 0.162 e. The molecule has 4 aromatic carbocycles. The maximum atomic E-state index is 16.4. The second-order valence-corrected chi connectivity index (χ2v) is 19.6. The number of halogens is 4. The number of aromatic hydroxyl groups is 1. The van der Waals surface area contributed by atoms with Crippen molar-refractivity contribution in [3.05, 3.63) is 157 Å². The molecule has 0 bridgehead atoms. The molecule has 10 rings (SSSR count). The van der Waals surface area contributed by atoms with E-state index in [1.807, 2.05) is 30.5 Å². The lowest BCUT2D eigenvalue weighted by molar-refractivity contribution is -0.0213. The van der Waals surface area contributed by atoms with Gasteiger partial charge in [-0.15, -0.1) is 21.5 Å². The molecule has 2 unspecified atom stereocenters. The molecule has 0 radical (unpaired) electrons. The minimum atomic E-state index is -0.913. The lowest BCUT2D eigenvalue weighted by atomic mass is 9.68. The number of hydrogen-bond donors (Lipinski definition) is 2. The lowest BCUT2D eigenvalue weighted by Crippen LogP contribution is -2.52. The fourth-order valence-corrected chi connectivity index (χ4v) is 12.1. The Hall–Kier alpha value is -5.37. The number of hydrogen-bond acceptors (Lipinski definition) is 8. The van der Waals surface area contributed by atoms with Crippen LogP contribution in [0.3, 0.4) is 0 Å². The normalized spacial score (nSPS) is 21.2. The summed E-state index contributed by atoms with van der Waals surface area (Å²) in [6, 6.07) is 19.2. The first-order valence-corrected chi connectivity index (χ1v) is 23.2. The molecule has 2 fully saturated rings. The zero-order valence-electron chi connectivity index (χ0n) is 36.5. The van der Waals surface area contributed by atoms with Gasteiger partial charge in [-0.05, 0) is 174 Å². The van der Waals surface area contributed by atoms with Crippen molar-refractivity contribution in [2.45, 2.75) is 95.6 Å². The van der Waals surface area contributed by atoms with Gasteiger partial charge in [0.25, 0.3) is 0 Å². The molecule has 0 saturated carbocycles. The molecule has 4 aliphatic rings. The molecule has 0 spiro atoms. The van der Waals surface area contributed by atoms with Crippen LogP contribution in [-0.2, 0) is 6.42 Å². The average Bonchev–Trinajstić information content (AvgIpc) is 3.76. The van der Waals surface area contributed by atoms with E-state index >= 15 is 13.2 Å². The SMILES string of the molecule is Cc1sc2c(c1C)C(c1ccc(N3CCC(O)(CN4CCC(c5cc(F)c(C6c7ccc(O)cc7CCC6c6ccc(F)cc6)c(F)c5)CC4)CC3)cc1F)=N[C@@H](C)c1nnc(C)n1-2. The van der Waals surface area contributed by atoms with Crippen molar-refractivity contribution in [3.8, 4) is 10.8 Å². The summed E-state index contributed by atoms with van der Waals surface area (Å²) in [6.45, 7) is 11.0. The zero-order valence-corrected chi connectivity index (χ0v) is 37.3. The van der Waals surface area contributed by atoms with Gasteiger partial charge in [0.05, 0.1) is 11.3 Å². The number of likely N-dealkylation sites (tertiary alicyclic amines) is 1. The summed E-state index contributed by atoms with van der Waals surface area (Å²) < 4.78 is 65.1. The fourth-order valence-electron chi connectivity index (χ4n) is 10.9. The number of β-amino-alcohol motifs (C(OH)–C–C–N with tert-alkyl or cyclic N) is 1. The largest absolute Gasteiger partial charge is 0.508 e. The summed E-state index contributed by atoms with van der Waals surface area (Å²) in [7, 11) is 0.